The normalized spacial score (nSPS) is 10.7. The van der Waals surface area contributed by atoms with Crippen LogP contribution in [0.1, 0.15) is 22.3 Å². The predicted octanol–water partition coefficient (Wildman–Crippen LogP) is -3.29. The van der Waals surface area contributed by atoms with Crippen molar-refractivity contribution in [2.75, 3.05) is 14.2 Å². The number of phosphoric ester groups is 1. The van der Waals surface area contributed by atoms with Gasteiger partial charge in [0, 0.05) is 0 Å². The van der Waals surface area contributed by atoms with E-state index in [2.05, 4.69) is 4.52 Å². The second-order valence-electron chi connectivity index (χ2n) is 5.45. The maximum atomic E-state index is 10.9. The van der Waals surface area contributed by atoms with Crippen LogP contribution < -0.4 is 82.9 Å². The number of rotatable bonds is 6. The number of phosphoric acid groups is 1. The Morgan fingerprint density at radius 1 is 0.852 bits per heavy atom. The summed E-state index contributed by atoms with van der Waals surface area (Å²) in [5.74, 6) is 0.810. The van der Waals surface area contributed by atoms with Crippen LogP contribution >= 0.6 is 7.82 Å². The molecular formula is C18H19Na2O6P. The van der Waals surface area contributed by atoms with Crippen molar-refractivity contribution in [2.45, 2.75) is 13.8 Å². The minimum atomic E-state index is -5.17. The van der Waals surface area contributed by atoms with Crippen LogP contribution in [0.4, 0.5) is 0 Å². The molecule has 27 heavy (non-hydrogen) atoms. The minimum Gasteiger partial charge on any atom is -0.780 e. The number of methoxy groups -OCH3 is 2. The smallest absolute Gasteiger partial charge is 0.780 e. The van der Waals surface area contributed by atoms with E-state index in [1.807, 2.05) is 32.1 Å². The van der Waals surface area contributed by atoms with Gasteiger partial charge in [0.15, 0.2) is 11.5 Å². The van der Waals surface area contributed by atoms with Gasteiger partial charge in [-0.2, -0.15) is 0 Å². The fourth-order valence-corrected chi connectivity index (χ4v) is 2.73. The summed E-state index contributed by atoms with van der Waals surface area (Å²) in [7, 11) is -2.19. The zero-order valence-electron chi connectivity index (χ0n) is 16.4. The Morgan fingerprint density at radius 3 is 1.96 bits per heavy atom. The molecule has 0 spiro atoms. The molecular weight excluding hydrogens is 389 g/mol. The van der Waals surface area contributed by atoms with E-state index in [0.29, 0.717) is 5.56 Å². The van der Waals surface area contributed by atoms with Crippen molar-refractivity contribution in [3.8, 4) is 17.2 Å². The van der Waals surface area contributed by atoms with E-state index >= 15 is 0 Å². The Kier molecular flexibility index (Phi) is 11.5. The zero-order chi connectivity index (χ0) is 18.6. The van der Waals surface area contributed by atoms with Crippen molar-refractivity contribution in [3.63, 3.8) is 0 Å². The topological polar surface area (TPSA) is 90.9 Å². The molecule has 0 aliphatic rings. The fraction of sp³-hybridized carbons (Fsp3) is 0.222. The number of benzene rings is 2. The van der Waals surface area contributed by atoms with Crippen LogP contribution in [0.3, 0.4) is 0 Å². The van der Waals surface area contributed by atoms with Gasteiger partial charge in [-0.15, -0.1) is 0 Å². The van der Waals surface area contributed by atoms with Crippen molar-refractivity contribution in [1.82, 2.24) is 0 Å². The van der Waals surface area contributed by atoms with Gasteiger partial charge in [-0.25, -0.2) is 0 Å². The molecule has 2 aromatic rings. The molecule has 0 heterocycles. The van der Waals surface area contributed by atoms with Crippen molar-refractivity contribution in [2.24, 2.45) is 0 Å². The summed E-state index contributed by atoms with van der Waals surface area (Å²) in [6, 6.07) is 8.60. The van der Waals surface area contributed by atoms with Crippen molar-refractivity contribution >= 4 is 20.0 Å². The summed E-state index contributed by atoms with van der Waals surface area (Å²) in [6.07, 6.45) is 3.63. The van der Waals surface area contributed by atoms with Gasteiger partial charge >= 0.3 is 59.1 Å². The first kappa shape index (κ1) is 26.7. The molecule has 2 rings (SSSR count). The molecule has 134 valence electrons. The van der Waals surface area contributed by atoms with Crippen LogP contribution in [0.15, 0.2) is 30.3 Å². The monoisotopic (exact) mass is 408 g/mol. The van der Waals surface area contributed by atoms with Crippen LogP contribution in [0.2, 0.25) is 0 Å². The third-order valence-electron chi connectivity index (χ3n) is 3.73. The molecule has 6 nitrogen and oxygen atoms in total. The fourth-order valence-electron chi connectivity index (χ4n) is 2.34. The van der Waals surface area contributed by atoms with Gasteiger partial charge in [0.1, 0.15) is 13.6 Å². The SMILES string of the molecule is COc1ccc(/C=C\c2cc(C)c(C)c(OC)c2)cc1OP(=O)([O-])[O-].[Na+].[Na+]. The molecule has 0 saturated heterocycles. The molecule has 0 aliphatic carbocycles. The summed E-state index contributed by atoms with van der Waals surface area (Å²) in [5, 5.41) is 0. The minimum absolute atomic E-state index is 0. The van der Waals surface area contributed by atoms with Gasteiger partial charge in [0.25, 0.3) is 0 Å². The summed E-state index contributed by atoms with van der Waals surface area (Å²) < 4.78 is 25.7. The standard InChI is InChI=1S/C18H21O6P.2Na/c1-12-9-15(11-17(23-4)13(12)2)6-5-14-7-8-16(22-3)18(10-14)24-25(19,20)21;;/h5-11H,1-4H3,(H2,19,20,21);;/q;2*+1/p-2/b6-5-;;. The van der Waals surface area contributed by atoms with Gasteiger partial charge < -0.3 is 28.3 Å². The number of aryl methyl sites for hydroxylation is 1. The maximum absolute atomic E-state index is 10.9. The first-order valence-corrected chi connectivity index (χ1v) is 8.92. The van der Waals surface area contributed by atoms with E-state index < -0.39 is 7.82 Å². The van der Waals surface area contributed by atoms with Crippen molar-refractivity contribution in [3.05, 3.63) is 52.6 Å². The third kappa shape index (κ3) is 7.94. The molecule has 0 bridgehead atoms. The third-order valence-corrected chi connectivity index (χ3v) is 4.15. The summed E-state index contributed by atoms with van der Waals surface area (Å²) in [4.78, 5) is 21.7. The predicted molar refractivity (Wildman–Crippen MR) is 92.6 cm³/mol. The van der Waals surface area contributed by atoms with E-state index in [4.69, 9.17) is 9.47 Å². The van der Waals surface area contributed by atoms with E-state index in [-0.39, 0.29) is 70.6 Å². The molecule has 9 heteroatoms. The van der Waals surface area contributed by atoms with E-state index in [1.54, 1.807) is 19.3 Å². The Bertz CT molecular complexity index is 848. The molecule has 0 aromatic heterocycles. The first-order chi connectivity index (χ1) is 11.7. The molecule has 0 saturated carbocycles. The molecule has 0 fully saturated rings. The molecule has 0 radical (unpaired) electrons. The molecule has 2 aromatic carbocycles. The van der Waals surface area contributed by atoms with E-state index in [1.165, 1.54) is 19.2 Å². The second-order valence-corrected chi connectivity index (χ2v) is 6.52. The molecule has 0 amide bonds. The molecule has 0 atom stereocenters. The van der Waals surface area contributed by atoms with Crippen LogP contribution in [0, 0.1) is 13.8 Å². The van der Waals surface area contributed by atoms with Crippen LogP contribution in [0.25, 0.3) is 12.2 Å². The summed E-state index contributed by atoms with van der Waals surface area (Å²) in [5.41, 5.74) is 3.75. The first-order valence-electron chi connectivity index (χ1n) is 7.46. The quantitative estimate of drug-likeness (QED) is 0.283. The summed E-state index contributed by atoms with van der Waals surface area (Å²) in [6.45, 7) is 3.98. The van der Waals surface area contributed by atoms with Gasteiger partial charge in [-0.3, -0.25) is 0 Å². The van der Waals surface area contributed by atoms with Crippen molar-refractivity contribution in [1.29, 1.82) is 0 Å². The van der Waals surface area contributed by atoms with Crippen LogP contribution in [0.5, 0.6) is 17.2 Å². The van der Waals surface area contributed by atoms with Crippen LogP contribution in [-0.2, 0) is 4.57 Å². The van der Waals surface area contributed by atoms with Crippen molar-refractivity contribution < 1.29 is 87.5 Å². The van der Waals surface area contributed by atoms with Gasteiger partial charge in [0.2, 0.25) is 0 Å². The van der Waals surface area contributed by atoms with Gasteiger partial charge in [-0.1, -0.05) is 24.3 Å². The number of hydrogen-bond donors (Lipinski definition) is 0. The average Bonchev–Trinajstić information content (AvgIpc) is 2.54. The Labute approximate surface area is 203 Å². The van der Waals surface area contributed by atoms with Crippen LogP contribution in [-0.4, -0.2) is 14.2 Å². The van der Waals surface area contributed by atoms with Gasteiger partial charge in [0.05, 0.1) is 14.2 Å². The Balaban J connectivity index is 0.00000338. The second kappa shape index (κ2) is 11.7. The Morgan fingerprint density at radius 2 is 1.41 bits per heavy atom. The Hall–Kier alpha value is -0.270. The number of hydrogen-bond acceptors (Lipinski definition) is 6. The van der Waals surface area contributed by atoms with Gasteiger partial charge in [-0.05, 0) is 54.3 Å². The van der Waals surface area contributed by atoms with E-state index in [9.17, 15) is 14.4 Å². The van der Waals surface area contributed by atoms with E-state index in [0.717, 1.165) is 22.4 Å². The maximum Gasteiger partial charge on any atom is 1.00 e. The molecule has 0 aliphatic heterocycles. The largest absolute Gasteiger partial charge is 1.00 e. The zero-order valence-corrected chi connectivity index (χ0v) is 21.3. The summed E-state index contributed by atoms with van der Waals surface area (Å²) >= 11 is 0. The average molecular weight is 408 g/mol. The molecule has 0 unspecified atom stereocenters. The molecule has 0 N–H and O–H groups in total. The number of ether oxygens (including phenoxy) is 2.